The van der Waals surface area contributed by atoms with Gasteiger partial charge >= 0.3 is 0 Å². The van der Waals surface area contributed by atoms with Crippen molar-refractivity contribution in [3.8, 4) is 0 Å². The molecule has 0 saturated heterocycles. The van der Waals surface area contributed by atoms with E-state index in [1.54, 1.807) is 18.2 Å². The largest absolute Gasteiger partial charge is 0.326 e. The summed E-state index contributed by atoms with van der Waals surface area (Å²) in [4.78, 5) is 11.1. The first kappa shape index (κ1) is 17.8. The summed E-state index contributed by atoms with van der Waals surface area (Å²) >= 11 is 9.28. The summed E-state index contributed by atoms with van der Waals surface area (Å²) < 4.78 is 27.1. The van der Waals surface area contributed by atoms with Crippen molar-refractivity contribution in [2.45, 2.75) is 11.8 Å². The quantitative estimate of drug-likeness (QED) is 0.821. The SMILES string of the molecule is CC(=O)Nc1ccc(S(=O)(=O)N(C)c2ccc(Br)c(Cl)c2)cc1. The lowest BCUT2D eigenvalue weighted by molar-refractivity contribution is -0.114. The summed E-state index contributed by atoms with van der Waals surface area (Å²) in [5, 5.41) is 3.01. The van der Waals surface area contributed by atoms with Crippen LogP contribution in [0.2, 0.25) is 5.02 Å². The minimum Gasteiger partial charge on any atom is -0.326 e. The van der Waals surface area contributed by atoms with Crippen LogP contribution in [0.25, 0.3) is 0 Å². The predicted molar refractivity (Wildman–Crippen MR) is 95.5 cm³/mol. The number of carbonyl (C=O) groups excluding carboxylic acids is 1. The maximum atomic E-state index is 12.6. The van der Waals surface area contributed by atoms with Crippen molar-refractivity contribution in [2.75, 3.05) is 16.7 Å². The normalized spacial score (nSPS) is 11.1. The van der Waals surface area contributed by atoms with Gasteiger partial charge in [0.25, 0.3) is 10.0 Å². The van der Waals surface area contributed by atoms with Crippen LogP contribution in [0.3, 0.4) is 0 Å². The van der Waals surface area contributed by atoms with E-state index in [4.69, 9.17) is 11.6 Å². The first-order chi connectivity index (χ1) is 10.7. The van der Waals surface area contributed by atoms with Gasteiger partial charge in [-0.2, -0.15) is 0 Å². The average molecular weight is 418 g/mol. The molecule has 0 bridgehead atoms. The molecule has 0 aromatic heterocycles. The van der Waals surface area contributed by atoms with E-state index in [9.17, 15) is 13.2 Å². The van der Waals surface area contributed by atoms with E-state index in [1.165, 1.54) is 38.2 Å². The molecule has 0 aliphatic rings. The van der Waals surface area contributed by atoms with Crippen LogP contribution in [0, 0.1) is 0 Å². The maximum Gasteiger partial charge on any atom is 0.264 e. The molecule has 8 heteroatoms. The highest BCUT2D eigenvalue weighted by Gasteiger charge is 2.21. The fourth-order valence-corrected chi connectivity index (χ4v) is 3.50. The number of anilines is 2. The van der Waals surface area contributed by atoms with Gasteiger partial charge in [0.2, 0.25) is 5.91 Å². The molecule has 1 N–H and O–H groups in total. The minimum atomic E-state index is -3.72. The van der Waals surface area contributed by atoms with Crippen LogP contribution in [0.4, 0.5) is 11.4 Å². The second kappa shape index (κ2) is 6.90. The Morgan fingerprint density at radius 2 is 1.78 bits per heavy atom. The molecule has 0 aliphatic carbocycles. The van der Waals surface area contributed by atoms with Gasteiger partial charge in [0, 0.05) is 24.1 Å². The van der Waals surface area contributed by atoms with Gasteiger partial charge in [-0.1, -0.05) is 11.6 Å². The fraction of sp³-hybridized carbons (Fsp3) is 0.133. The Morgan fingerprint density at radius 3 is 2.30 bits per heavy atom. The van der Waals surface area contributed by atoms with Crippen molar-refractivity contribution in [3.05, 3.63) is 52.0 Å². The Bertz CT molecular complexity index is 838. The molecule has 0 radical (unpaired) electrons. The maximum absolute atomic E-state index is 12.6. The lowest BCUT2D eigenvalue weighted by Gasteiger charge is -2.20. The average Bonchev–Trinajstić information content (AvgIpc) is 2.49. The van der Waals surface area contributed by atoms with Crippen molar-refractivity contribution in [1.82, 2.24) is 0 Å². The third-order valence-corrected chi connectivity index (χ3v) is 6.13. The molecular formula is C15H14BrClN2O3S. The van der Waals surface area contributed by atoms with E-state index in [0.717, 1.165) is 4.31 Å². The van der Waals surface area contributed by atoms with E-state index < -0.39 is 10.0 Å². The molecular weight excluding hydrogens is 404 g/mol. The molecule has 0 unspecified atom stereocenters. The van der Waals surface area contributed by atoms with Crippen LogP contribution in [-0.4, -0.2) is 21.4 Å². The van der Waals surface area contributed by atoms with E-state index >= 15 is 0 Å². The third kappa shape index (κ3) is 4.04. The molecule has 23 heavy (non-hydrogen) atoms. The number of amides is 1. The fourth-order valence-electron chi connectivity index (χ4n) is 1.89. The Balaban J connectivity index is 2.33. The van der Waals surface area contributed by atoms with Crippen LogP contribution in [0.15, 0.2) is 51.8 Å². The van der Waals surface area contributed by atoms with Gasteiger partial charge < -0.3 is 5.32 Å². The molecule has 0 saturated carbocycles. The zero-order valence-electron chi connectivity index (χ0n) is 12.4. The van der Waals surface area contributed by atoms with E-state index in [-0.39, 0.29) is 10.8 Å². The number of hydrogen-bond acceptors (Lipinski definition) is 3. The zero-order valence-corrected chi connectivity index (χ0v) is 15.5. The minimum absolute atomic E-state index is 0.119. The Kier molecular flexibility index (Phi) is 5.33. The van der Waals surface area contributed by atoms with Crippen molar-refractivity contribution < 1.29 is 13.2 Å². The van der Waals surface area contributed by atoms with Crippen LogP contribution >= 0.6 is 27.5 Å². The van der Waals surface area contributed by atoms with Crippen LogP contribution in [0.5, 0.6) is 0 Å². The van der Waals surface area contributed by atoms with Crippen molar-refractivity contribution >= 4 is 54.8 Å². The number of hydrogen-bond donors (Lipinski definition) is 1. The summed E-state index contributed by atoms with van der Waals surface area (Å²) in [6, 6.07) is 10.9. The summed E-state index contributed by atoms with van der Waals surface area (Å²) in [6.45, 7) is 1.38. The van der Waals surface area contributed by atoms with Crippen LogP contribution < -0.4 is 9.62 Å². The first-order valence-corrected chi connectivity index (χ1v) is 9.14. The Hall–Kier alpha value is -1.57. The first-order valence-electron chi connectivity index (χ1n) is 6.53. The highest BCUT2D eigenvalue weighted by molar-refractivity contribution is 9.10. The molecule has 1 amide bonds. The summed E-state index contributed by atoms with van der Waals surface area (Å²) in [5.74, 6) is -0.220. The molecule has 2 aromatic rings. The van der Waals surface area contributed by atoms with E-state index in [1.807, 2.05) is 0 Å². The summed E-state index contributed by atoms with van der Waals surface area (Å²) in [7, 11) is -2.27. The van der Waals surface area contributed by atoms with Gasteiger partial charge in [0.15, 0.2) is 0 Å². The molecule has 2 aromatic carbocycles. The summed E-state index contributed by atoms with van der Waals surface area (Å²) in [6.07, 6.45) is 0. The second-order valence-corrected chi connectivity index (χ2v) is 8.01. The van der Waals surface area contributed by atoms with Crippen molar-refractivity contribution in [3.63, 3.8) is 0 Å². The standard InChI is InChI=1S/C15H14BrClN2O3S/c1-10(20)18-11-3-6-13(7-4-11)23(21,22)19(2)12-5-8-14(16)15(17)9-12/h3-9H,1-2H3,(H,18,20). The molecule has 122 valence electrons. The molecule has 0 aliphatic heterocycles. The highest BCUT2D eigenvalue weighted by atomic mass is 79.9. The van der Waals surface area contributed by atoms with Crippen molar-refractivity contribution in [1.29, 1.82) is 0 Å². The highest BCUT2D eigenvalue weighted by Crippen LogP contribution is 2.30. The number of benzene rings is 2. The Morgan fingerprint density at radius 1 is 1.17 bits per heavy atom. The van der Waals surface area contributed by atoms with Gasteiger partial charge in [0.1, 0.15) is 0 Å². The number of sulfonamides is 1. The van der Waals surface area contributed by atoms with Crippen LogP contribution in [-0.2, 0) is 14.8 Å². The summed E-state index contributed by atoms with van der Waals surface area (Å²) in [5.41, 5.74) is 0.981. The number of nitrogens with one attached hydrogen (secondary N) is 1. The lowest BCUT2D eigenvalue weighted by atomic mass is 10.3. The third-order valence-electron chi connectivity index (χ3n) is 3.10. The molecule has 0 heterocycles. The Labute approximate surface area is 148 Å². The van der Waals surface area contributed by atoms with Gasteiger partial charge in [-0.25, -0.2) is 8.42 Å². The lowest BCUT2D eigenvalue weighted by Crippen LogP contribution is -2.26. The molecule has 0 spiro atoms. The molecule has 5 nitrogen and oxygen atoms in total. The van der Waals surface area contributed by atoms with E-state index in [2.05, 4.69) is 21.2 Å². The molecule has 2 rings (SSSR count). The monoisotopic (exact) mass is 416 g/mol. The van der Waals surface area contributed by atoms with Gasteiger partial charge in [-0.05, 0) is 58.4 Å². The van der Waals surface area contributed by atoms with Gasteiger partial charge in [-0.3, -0.25) is 9.10 Å². The smallest absolute Gasteiger partial charge is 0.264 e. The van der Waals surface area contributed by atoms with Gasteiger partial charge in [-0.15, -0.1) is 0 Å². The van der Waals surface area contributed by atoms with E-state index in [0.29, 0.717) is 20.9 Å². The molecule has 0 fully saturated rings. The topological polar surface area (TPSA) is 66.5 Å². The van der Waals surface area contributed by atoms with Gasteiger partial charge in [0.05, 0.1) is 15.6 Å². The number of halogens is 2. The predicted octanol–water partition coefficient (Wildman–Crippen LogP) is 3.89. The second-order valence-electron chi connectivity index (χ2n) is 4.78. The zero-order chi connectivity index (χ0) is 17.2. The molecule has 0 atom stereocenters. The van der Waals surface area contributed by atoms with Crippen molar-refractivity contribution in [2.24, 2.45) is 0 Å². The number of rotatable bonds is 4. The number of nitrogens with zero attached hydrogens (tertiary/aromatic N) is 1. The number of carbonyl (C=O) groups is 1. The van der Waals surface area contributed by atoms with Crippen LogP contribution in [0.1, 0.15) is 6.92 Å².